The molecule has 0 aliphatic carbocycles. The van der Waals surface area contributed by atoms with E-state index in [1.807, 2.05) is 0 Å². The van der Waals surface area contributed by atoms with Crippen LogP contribution in [0.2, 0.25) is 0 Å². The van der Waals surface area contributed by atoms with E-state index in [9.17, 15) is 13.9 Å². The average Bonchev–Trinajstić information content (AvgIpc) is 2.43. The first-order chi connectivity index (χ1) is 9.52. The van der Waals surface area contributed by atoms with Crippen LogP contribution < -0.4 is 4.74 Å². The fourth-order valence-electron chi connectivity index (χ4n) is 1.97. The van der Waals surface area contributed by atoms with Crippen LogP contribution in [0.3, 0.4) is 0 Å². The largest absolute Gasteiger partial charge is 0.497 e. The molecular weight excluding hydrogens is 330 g/mol. The SMILES string of the molecule is COc1cccc(CC(O)c2c(F)ccc(Br)c2F)c1. The van der Waals surface area contributed by atoms with Gasteiger partial charge in [-0.2, -0.15) is 0 Å². The van der Waals surface area contributed by atoms with Crippen molar-refractivity contribution >= 4 is 15.9 Å². The number of halogens is 3. The lowest BCUT2D eigenvalue weighted by atomic mass is 10.0. The second-order valence-electron chi connectivity index (χ2n) is 4.33. The van der Waals surface area contributed by atoms with Crippen LogP contribution in [0.15, 0.2) is 40.9 Å². The van der Waals surface area contributed by atoms with Crippen LogP contribution in [0, 0.1) is 11.6 Å². The van der Waals surface area contributed by atoms with Gasteiger partial charge in [0.15, 0.2) is 0 Å². The molecule has 0 bridgehead atoms. The number of aliphatic hydroxyl groups is 1. The summed E-state index contributed by atoms with van der Waals surface area (Å²) >= 11 is 2.98. The molecule has 0 aliphatic heterocycles. The van der Waals surface area contributed by atoms with Gasteiger partial charge in [0.2, 0.25) is 0 Å². The van der Waals surface area contributed by atoms with Crippen molar-refractivity contribution in [1.29, 1.82) is 0 Å². The van der Waals surface area contributed by atoms with Crippen LogP contribution in [-0.2, 0) is 6.42 Å². The predicted molar refractivity (Wildman–Crippen MR) is 75.7 cm³/mol. The van der Waals surface area contributed by atoms with Crippen molar-refractivity contribution in [3.05, 3.63) is 63.6 Å². The Bertz CT molecular complexity index is 617. The maximum Gasteiger partial charge on any atom is 0.146 e. The lowest BCUT2D eigenvalue weighted by Crippen LogP contribution is -2.08. The van der Waals surface area contributed by atoms with E-state index in [1.165, 1.54) is 13.2 Å². The summed E-state index contributed by atoms with van der Waals surface area (Å²) in [5.74, 6) is -0.911. The summed E-state index contributed by atoms with van der Waals surface area (Å²) in [6, 6.07) is 9.39. The Balaban J connectivity index is 2.28. The van der Waals surface area contributed by atoms with E-state index in [4.69, 9.17) is 4.74 Å². The molecule has 2 aromatic carbocycles. The Morgan fingerprint density at radius 2 is 2.00 bits per heavy atom. The highest BCUT2D eigenvalue weighted by Crippen LogP contribution is 2.29. The maximum atomic E-state index is 13.9. The monoisotopic (exact) mass is 342 g/mol. The minimum atomic E-state index is -1.26. The van der Waals surface area contributed by atoms with Gasteiger partial charge < -0.3 is 9.84 Å². The third kappa shape index (κ3) is 3.16. The predicted octanol–water partition coefficient (Wildman–Crippen LogP) is 4.01. The quantitative estimate of drug-likeness (QED) is 0.850. The summed E-state index contributed by atoms with van der Waals surface area (Å²) in [6.45, 7) is 0. The normalized spacial score (nSPS) is 12.2. The van der Waals surface area contributed by atoms with E-state index in [0.717, 1.165) is 11.6 Å². The Morgan fingerprint density at radius 3 is 2.70 bits per heavy atom. The summed E-state index contributed by atoms with van der Waals surface area (Å²) in [7, 11) is 1.53. The van der Waals surface area contributed by atoms with Crippen molar-refractivity contribution in [2.24, 2.45) is 0 Å². The van der Waals surface area contributed by atoms with Crippen LogP contribution in [0.25, 0.3) is 0 Å². The molecule has 2 nitrogen and oxygen atoms in total. The lowest BCUT2D eigenvalue weighted by molar-refractivity contribution is 0.168. The molecule has 0 radical (unpaired) electrons. The van der Waals surface area contributed by atoms with Gasteiger partial charge in [-0.05, 0) is 45.8 Å². The first-order valence-electron chi connectivity index (χ1n) is 5.97. The van der Waals surface area contributed by atoms with E-state index in [2.05, 4.69) is 15.9 Å². The first-order valence-corrected chi connectivity index (χ1v) is 6.76. The van der Waals surface area contributed by atoms with Crippen molar-refractivity contribution in [1.82, 2.24) is 0 Å². The van der Waals surface area contributed by atoms with Gasteiger partial charge >= 0.3 is 0 Å². The highest BCUT2D eigenvalue weighted by atomic mass is 79.9. The lowest BCUT2D eigenvalue weighted by Gasteiger charge is -2.14. The molecule has 0 aliphatic rings. The van der Waals surface area contributed by atoms with Crippen molar-refractivity contribution in [3.8, 4) is 5.75 Å². The fraction of sp³-hybridized carbons (Fsp3) is 0.200. The molecule has 1 N–H and O–H groups in total. The van der Waals surface area contributed by atoms with Gasteiger partial charge in [-0.25, -0.2) is 8.78 Å². The fourth-order valence-corrected chi connectivity index (χ4v) is 2.32. The zero-order valence-electron chi connectivity index (χ0n) is 10.7. The number of hydrogen-bond donors (Lipinski definition) is 1. The van der Waals surface area contributed by atoms with Gasteiger partial charge in [-0.15, -0.1) is 0 Å². The van der Waals surface area contributed by atoms with E-state index in [1.54, 1.807) is 24.3 Å². The smallest absolute Gasteiger partial charge is 0.146 e. The molecule has 1 unspecified atom stereocenters. The molecule has 5 heteroatoms. The van der Waals surface area contributed by atoms with Crippen LogP contribution in [0.1, 0.15) is 17.2 Å². The molecule has 0 amide bonds. The number of aliphatic hydroxyl groups excluding tert-OH is 1. The van der Waals surface area contributed by atoms with E-state index >= 15 is 0 Å². The number of hydrogen-bond acceptors (Lipinski definition) is 2. The van der Waals surface area contributed by atoms with Crippen molar-refractivity contribution < 1.29 is 18.6 Å². The van der Waals surface area contributed by atoms with E-state index < -0.39 is 17.7 Å². The van der Waals surface area contributed by atoms with E-state index in [0.29, 0.717) is 5.75 Å². The molecule has 20 heavy (non-hydrogen) atoms. The van der Waals surface area contributed by atoms with Gasteiger partial charge in [-0.3, -0.25) is 0 Å². The van der Waals surface area contributed by atoms with Gasteiger partial charge in [0.25, 0.3) is 0 Å². The third-order valence-electron chi connectivity index (χ3n) is 2.98. The van der Waals surface area contributed by atoms with Crippen molar-refractivity contribution in [2.75, 3.05) is 7.11 Å². The zero-order valence-corrected chi connectivity index (χ0v) is 12.3. The van der Waals surface area contributed by atoms with Gasteiger partial charge in [0.1, 0.15) is 17.4 Å². The zero-order chi connectivity index (χ0) is 14.7. The number of methoxy groups -OCH3 is 1. The van der Waals surface area contributed by atoms with Gasteiger partial charge in [0.05, 0.1) is 23.2 Å². The van der Waals surface area contributed by atoms with Crippen LogP contribution >= 0.6 is 15.9 Å². The summed E-state index contributed by atoms with van der Waals surface area (Å²) in [4.78, 5) is 0. The molecule has 106 valence electrons. The second-order valence-corrected chi connectivity index (χ2v) is 5.18. The summed E-state index contributed by atoms with van der Waals surface area (Å²) < 4.78 is 32.8. The summed E-state index contributed by atoms with van der Waals surface area (Å²) in [5.41, 5.74) is 0.401. The molecule has 0 heterocycles. The molecule has 1 atom stereocenters. The van der Waals surface area contributed by atoms with Crippen LogP contribution in [0.4, 0.5) is 8.78 Å². The molecule has 0 fully saturated rings. The van der Waals surface area contributed by atoms with Crippen molar-refractivity contribution in [2.45, 2.75) is 12.5 Å². The average molecular weight is 343 g/mol. The Kier molecular flexibility index (Phi) is 4.73. The standard InChI is InChI=1S/C15H13BrF2O2/c1-20-10-4-2-3-9(7-10)8-13(19)14-12(17)6-5-11(16)15(14)18/h2-7,13,19H,8H2,1H3. The minimum absolute atomic E-state index is 0.0987. The maximum absolute atomic E-state index is 13.9. The number of ether oxygens (including phenoxy) is 1. The van der Waals surface area contributed by atoms with Crippen LogP contribution in [0.5, 0.6) is 5.75 Å². The first kappa shape index (κ1) is 14.9. The van der Waals surface area contributed by atoms with Gasteiger partial charge in [0, 0.05) is 6.42 Å². The highest BCUT2D eigenvalue weighted by Gasteiger charge is 2.20. The number of benzene rings is 2. The molecule has 2 rings (SSSR count). The summed E-state index contributed by atoms with van der Waals surface area (Å²) in [6.07, 6.45) is -1.17. The molecular formula is C15H13BrF2O2. The van der Waals surface area contributed by atoms with Crippen LogP contribution in [-0.4, -0.2) is 12.2 Å². The van der Waals surface area contributed by atoms with Gasteiger partial charge in [-0.1, -0.05) is 12.1 Å². The van der Waals surface area contributed by atoms with E-state index in [-0.39, 0.29) is 16.5 Å². The molecule has 0 spiro atoms. The minimum Gasteiger partial charge on any atom is -0.497 e. The molecule has 0 saturated heterocycles. The Morgan fingerprint density at radius 1 is 1.25 bits per heavy atom. The molecule has 0 aromatic heterocycles. The Labute approximate surface area is 124 Å². The topological polar surface area (TPSA) is 29.5 Å². The third-order valence-corrected chi connectivity index (χ3v) is 3.59. The second kappa shape index (κ2) is 6.33. The number of rotatable bonds is 4. The van der Waals surface area contributed by atoms with Crippen molar-refractivity contribution in [3.63, 3.8) is 0 Å². The Hall–Kier alpha value is -1.46. The highest BCUT2D eigenvalue weighted by molar-refractivity contribution is 9.10. The summed E-state index contributed by atoms with van der Waals surface area (Å²) in [5, 5.41) is 10.1. The molecule has 2 aromatic rings. The molecule has 0 saturated carbocycles.